The van der Waals surface area contributed by atoms with Crippen LogP contribution in [0.15, 0.2) is 0 Å². The van der Waals surface area contributed by atoms with Crippen molar-refractivity contribution in [1.82, 2.24) is 15.5 Å². The SMILES string of the molecule is CC(C)C(CC(=O)O)NC(=O)NC1CN2CCC1CC2. The minimum absolute atomic E-state index is 0.0364. The molecule has 3 saturated heterocycles. The summed E-state index contributed by atoms with van der Waals surface area (Å²) in [6, 6.07) is -0.354. The number of aliphatic carboxylic acids is 1. The average molecular weight is 283 g/mol. The molecule has 114 valence electrons. The first-order valence-corrected chi connectivity index (χ1v) is 7.47. The summed E-state index contributed by atoms with van der Waals surface area (Å²) < 4.78 is 0. The number of rotatable bonds is 5. The van der Waals surface area contributed by atoms with E-state index in [9.17, 15) is 9.59 Å². The first kappa shape index (κ1) is 15.1. The van der Waals surface area contributed by atoms with Gasteiger partial charge in [0.1, 0.15) is 0 Å². The zero-order chi connectivity index (χ0) is 14.7. The van der Waals surface area contributed by atoms with Gasteiger partial charge in [-0.25, -0.2) is 4.79 Å². The van der Waals surface area contributed by atoms with E-state index >= 15 is 0 Å². The Morgan fingerprint density at radius 3 is 2.40 bits per heavy atom. The number of urea groups is 1. The van der Waals surface area contributed by atoms with Crippen LogP contribution in [0.1, 0.15) is 33.1 Å². The van der Waals surface area contributed by atoms with Gasteiger partial charge in [-0.05, 0) is 37.8 Å². The van der Waals surface area contributed by atoms with Gasteiger partial charge in [-0.3, -0.25) is 4.79 Å². The lowest BCUT2D eigenvalue weighted by atomic mass is 9.84. The molecule has 0 saturated carbocycles. The second-order valence-corrected chi connectivity index (χ2v) is 6.31. The number of carboxylic acids is 1. The van der Waals surface area contributed by atoms with Crippen molar-refractivity contribution in [3.8, 4) is 0 Å². The molecule has 3 heterocycles. The molecule has 0 spiro atoms. The Hall–Kier alpha value is -1.30. The molecule has 3 fully saturated rings. The number of nitrogens with one attached hydrogen (secondary N) is 2. The number of hydrogen-bond acceptors (Lipinski definition) is 3. The van der Waals surface area contributed by atoms with Gasteiger partial charge in [-0.2, -0.15) is 0 Å². The van der Waals surface area contributed by atoms with Crippen molar-refractivity contribution in [2.45, 2.75) is 45.2 Å². The zero-order valence-electron chi connectivity index (χ0n) is 12.3. The number of piperidine rings is 3. The maximum absolute atomic E-state index is 12.1. The molecule has 6 nitrogen and oxygen atoms in total. The van der Waals surface area contributed by atoms with Crippen molar-refractivity contribution < 1.29 is 14.7 Å². The second-order valence-electron chi connectivity index (χ2n) is 6.31. The van der Waals surface area contributed by atoms with Crippen molar-refractivity contribution in [2.75, 3.05) is 19.6 Å². The van der Waals surface area contributed by atoms with E-state index in [4.69, 9.17) is 5.11 Å². The summed E-state index contributed by atoms with van der Waals surface area (Å²) in [6.07, 6.45) is 2.26. The van der Waals surface area contributed by atoms with E-state index in [1.807, 2.05) is 13.8 Å². The van der Waals surface area contributed by atoms with Gasteiger partial charge in [0.15, 0.2) is 0 Å². The molecule has 0 radical (unpaired) electrons. The highest BCUT2D eigenvalue weighted by Gasteiger charge is 2.35. The fourth-order valence-electron chi connectivity index (χ4n) is 3.15. The first-order chi connectivity index (χ1) is 9.45. The van der Waals surface area contributed by atoms with Crippen molar-refractivity contribution in [1.29, 1.82) is 0 Å². The zero-order valence-corrected chi connectivity index (χ0v) is 12.3. The summed E-state index contributed by atoms with van der Waals surface area (Å²) in [4.78, 5) is 25.2. The van der Waals surface area contributed by atoms with E-state index < -0.39 is 5.97 Å². The Bertz CT molecular complexity index is 365. The molecule has 3 rings (SSSR count). The lowest BCUT2D eigenvalue weighted by molar-refractivity contribution is -0.137. The Morgan fingerprint density at radius 1 is 1.30 bits per heavy atom. The maximum Gasteiger partial charge on any atom is 0.315 e. The summed E-state index contributed by atoms with van der Waals surface area (Å²) in [5.41, 5.74) is 0. The number of carboxylic acid groups (broad SMARTS) is 1. The fraction of sp³-hybridized carbons (Fsp3) is 0.857. The van der Waals surface area contributed by atoms with Crippen LogP contribution in [0.2, 0.25) is 0 Å². The molecule has 2 unspecified atom stereocenters. The van der Waals surface area contributed by atoms with Gasteiger partial charge in [0.2, 0.25) is 0 Å². The molecule has 6 heteroatoms. The maximum atomic E-state index is 12.1. The van der Waals surface area contributed by atoms with Gasteiger partial charge in [0.05, 0.1) is 6.42 Å². The smallest absolute Gasteiger partial charge is 0.315 e. The molecule has 0 aromatic heterocycles. The number of hydrogen-bond donors (Lipinski definition) is 3. The highest BCUT2D eigenvalue weighted by atomic mass is 16.4. The molecule has 3 aliphatic heterocycles. The van der Waals surface area contributed by atoms with E-state index in [2.05, 4.69) is 15.5 Å². The molecule has 0 aromatic carbocycles. The van der Waals surface area contributed by atoms with Crippen LogP contribution in [-0.4, -0.2) is 53.7 Å². The van der Waals surface area contributed by atoms with Crippen molar-refractivity contribution in [3.63, 3.8) is 0 Å². The fourth-order valence-corrected chi connectivity index (χ4v) is 3.15. The summed E-state index contributed by atoms with van der Waals surface area (Å²) in [7, 11) is 0. The summed E-state index contributed by atoms with van der Waals surface area (Å²) in [5.74, 6) is -0.210. The Kier molecular flexibility index (Phi) is 4.86. The monoisotopic (exact) mass is 283 g/mol. The molecular formula is C14H25N3O3. The normalized spacial score (nSPS) is 30.1. The summed E-state index contributed by atoms with van der Waals surface area (Å²) in [6.45, 7) is 7.03. The molecule has 20 heavy (non-hydrogen) atoms. The van der Waals surface area contributed by atoms with Crippen LogP contribution in [0.3, 0.4) is 0 Å². The van der Waals surface area contributed by atoms with Gasteiger partial charge in [0.25, 0.3) is 0 Å². The van der Waals surface area contributed by atoms with Crippen LogP contribution in [0.5, 0.6) is 0 Å². The first-order valence-electron chi connectivity index (χ1n) is 7.47. The van der Waals surface area contributed by atoms with Crippen molar-refractivity contribution >= 4 is 12.0 Å². The van der Waals surface area contributed by atoms with E-state index in [0.29, 0.717) is 5.92 Å². The van der Waals surface area contributed by atoms with E-state index in [1.54, 1.807) is 0 Å². The molecule has 0 aliphatic carbocycles. The lowest BCUT2D eigenvalue weighted by Gasteiger charge is -2.45. The standard InChI is InChI=1S/C14H25N3O3/c1-9(2)11(7-13(18)19)15-14(20)16-12-8-17-5-3-10(12)4-6-17/h9-12H,3-8H2,1-2H3,(H,18,19)(H2,15,16,20). The molecule has 0 aromatic rings. The molecule has 3 aliphatic rings. The van der Waals surface area contributed by atoms with E-state index in [1.165, 1.54) is 0 Å². The topological polar surface area (TPSA) is 81.7 Å². The Balaban J connectivity index is 1.83. The highest BCUT2D eigenvalue weighted by molar-refractivity contribution is 5.76. The van der Waals surface area contributed by atoms with Crippen LogP contribution in [0.25, 0.3) is 0 Å². The molecule has 2 atom stereocenters. The lowest BCUT2D eigenvalue weighted by Crippen LogP contribution is -2.59. The highest BCUT2D eigenvalue weighted by Crippen LogP contribution is 2.27. The molecular weight excluding hydrogens is 258 g/mol. The van der Waals surface area contributed by atoms with Gasteiger partial charge in [-0.15, -0.1) is 0 Å². The molecule has 2 amide bonds. The van der Waals surface area contributed by atoms with Gasteiger partial charge in [-0.1, -0.05) is 13.8 Å². The number of carbonyl (C=O) groups is 2. The predicted molar refractivity (Wildman–Crippen MR) is 75.5 cm³/mol. The third kappa shape index (κ3) is 3.85. The number of fused-ring (bicyclic) bond motifs is 3. The minimum atomic E-state index is -0.883. The van der Waals surface area contributed by atoms with Gasteiger partial charge in [0, 0.05) is 18.6 Å². The number of amides is 2. The van der Waals surface area contributed by atoms with Crippen LogP contribution in [0, 0.1) is 11.8 Å². The average Bonchev–Trinajstić information content (AvgIpc) is 2.38. The number of carbonyl (C=O) groups excluding carboxylic acids is 1. The van der Waals surface area contributed by atoms with E-state index in [-0.39, 0.29) is 30.5 Å². The van der Waals surface area contributed by atoms with Crippen LogP contribution in [-0.2, 0) is 4.79 Å². The van der Waals surface area contributed by atoms with Gasteiger partial charge >= 0.3 is 12.0 Å². The Labute approximate surface area is 119 Å². The minimum Gasteiger partial charge on any atom is -0.481 e. The summed E-state index contributed by atoms with van der Waals surface area (Å²) in [5, 5.41) is 14.7. The third-order valence-corrected chi connectivity index (χ3v) is 4.49. The van der Waals surface area contributed by atoms with Crippen LogP contribution in [0.4, 0.5) is 4.79 Å². The molecule has 2 bridgehead atoms. The largest absolute Gasteiger partial charge is 0.481 e. The van der Waals surface area contributed by atoms with Crippen LogP contribution >= 0.6 is 0 Å². The predicted octanol–water partition coefficient (Wildman–Crippen LogP) is 0.879. The van der Waals surface area contributed by atoms with Crippen molar-refractivity contribution in [3.05, 3.63) is 0 Å². The second kappa shape index (κ2) is 6.43. The summed E-state index contributed by atoms with van der Waals surface area (Å²) >= 11 is 0. The Morgan fingerprint density at radius 2 is 1.95 bits per heavy atom. The number of nitrogens with zero attached hydrogens (tertiary/aromatic N) is 1. The third-order valence-electron chi connectivity index (χ3n) is 4.49. The van der Waals surface area contributed by atoms with Crippen molar-refractivity contribution in [2.24, 2.45) is 11.8 Å². The van der Waals surface area contributed by atoms with Crippen LogP contribution < -0.4 is 10.6 Å². The van der Waals surface area contributed by atoms with Gasteiger partial charge < -0.3 is 20.6 Å². The van der Waals surface area contributed by atoms with E-state index in [0.717, 1.165) is 32.5 Å². The quantitative estimate of drug-likeness (QED) is 0.699. The molecule has 3 N–H and O–H groups in total.